The summed E-state index contributed by atoms with van der Waals surface area (Å²) in [7, 11) is 1.45. The van der Waals surface area contributed by atoms with Crippen LogP contribution in [0.15, 0.2) is 39.6 Å². The molecule has 3 aromatic rings. The molecule has 0 fully saturated rings. The van der Waals surface area contributed by atoms with E-state index < -0.39 is 11.0 Å². The monoisotopic (exact) mass is 454 g/mol. The first kappa shape index (κ1) is 24.2. The topological polar surface area (TPSA) is 120 Å². The molecule has 7 heteroatoms. The smallest absolute Gasteiger partial charge is 0.200 e. The second-order valence-electron chi connectivity index (χ2n) is 9.07. The number of fused-ring (bicyclic) bond motifs is 1. The Morgan fingerprint density at radius 3 is 2.42 bits per heavy atom. The van der Waals surface area contributed by atoms with Crippen LogP contribution in [-0.4, -0.2) is 33.1 Å². The Balaban J connectivity index is 2.38. The van der Waals surface area contributed by atoms with Crippen LogP contribution in [0.25, 0.3) is 28.4 Å². The maximum Gasteiger partial charge on any atom is 0.200 e. The van der Waals surface area contributed by atoms with Gasteiger partial charge in [0.1, 0.15) is 39.7 Å². The van der Waals surface area contributed by atoms with Crippen LogP contribution in [0, 0.1) is 5.92 Å². The summed E-state index contributed by atoms with van der Waals surface area (Å²) in [6.07, 6.45) is 3.96. The number of phenolic OH excluding ortho intramolecular Hbond substituents is 3. The van der Waals surface area contributed by atoms with Crippen molar-refractivity contribution in [1.82, 2.24) is 0 Å². The van der Waals surface area contributed by atoms with Gasteiger partial charge < -0.3 is 29.6 Å². The zero-order chi connectivity index (χ0) is 24.5. The lowest BCUT2D eigenvalue weighted by Gasteiger charge is -2.19. The molecule has 33 heavy (non-hydrogen) atoms. The summed E-state index contributed by atoms with van der Waals surface area (Å²) in [5.41, 5.74) is -0.667. The van der Waals surface area contributed by atoms with Crippen LogP contribution >= 0.6 is 0 Å². The van der Waals surface area contributed by atoms with Gasteiger partial charge in [0.15, 0.2) is 5.43 Å². The summed E-state index contributed by atoms with van der Waals surface area (Å²) in [5, 5.41) is 41.4. The fraction of sp³-hybridized carbons (Fsp3) is 0.346. The number of benzene rings is 2. The zero-order valence-corrected chi connectivity index (χ0v) is 19.5. The van der Waals surface area contributed by atoms with E-state index in [1.165, 1.54) is 25.3 Å². The SMILES string of the molecule is COc1cc2oc(-c3ccc(O)cc3O)c(CCC(C)(C)O)c(=O)c2c(O)c1/C=C/C(C)C. The molecule has 3 rings (SSSR count). The summed E-state index contributed by atoms with van der Waals surface area (Å²) in [4.78, 5) is 13.6. The molecule has 176 valence electrons. The van der Waals surface area contributed by atoms with Gasteiger partial charge >= 0.3 is 0 Å². The van der Waals surface area contributed by atoms with Crippen LogP contribution < -0.4 is 10.2 Å². The van der Waals surface area contributed by atoms with Crippen molar-refractivity contribution in [3.8, 4) is 34.3 Å². The van der Waals surface area contributed by atoms with Gasteiger partial charge in [0, 0.05) is 17.7 Å². The molecule has 7 nitrogen and oxygen atoms in total. The minimum absolute atomic E-state index is 0.00744. The molecule has 1 aromatic heterocycles. The number of phenols is 3. The van der Waals surface area contributed by atoms with E-state index in [-0.39, 0.29) is 63.9 Å². The van der Waals surface area contributed by atoms with Crippen LogP contribution in [0.2, 0.25) is 0 Å². The predicted octanol–water partition coefficient (Wildman–Crippen LogP) is 4.96. The largest absolute Gasteiger partial charge is 0.508 e. The normalized spacial score (nSPS) is 12.2. The van der Waals surface area contributed by atoms with Crippen molar-refractivity contribution in [2.45, 2.75) is 46.1 Å². The highest BCUT2D eigenvalue weighted by atomic mass is 16.5. The van der Waals surface area contributed by atoms with Gasteiger partial charge in [0.05, 0.1) is 23.8 Å². The van der Waals surface area contributed by atoms with Crippen LogP contribution in [0.5, 0.6) is 23.0 Å². The summed E-state index contributed by atoms with van der Waals surface area (Å²) >= 11 is 0. The molecule has 0 saturated carbocycles. The molecule has 0 aliphatic heterocycles. The lowest BCUT2D eigenvalue weighted by Crippen LogP contribution is -2.22. The first-order valence-corrected chi connectivity index (χ1v) is 10.8. The fourth-order valence-electron chi connectivity index (χ4n) is 3.57. The Labute approximate surface area is 192 Å². The lowest BCUT2D eigenvalue weighted by molar-refractivity contribution is 0.0713. The van der Waals surface area contributed by atoms with Gasteiger partial charge in [0.2, 0.25) is 0 Å². The molecule has 2 aromatic carbocycles. The number of allylic oxidation sites excluding steroid dienone is 1. The maximum absolute atomic E-state index is 13.6. The molecule has 0 spiro atoms. The molecule has 0 amide bonds. The molecule has 0 atom stereocenters. The van der Waals surface area contributed by atoms with Gasteiger partial charge in [-0.1, -0.05) is 26.0 Å². The summed E-state index contributed by atoms with van der Waals surface area (Å²) in [6, 6.07) is 5.49. The average molecular weight is 455 g/mol. The number of aromatic hydroxyl groups is 3. The van der Waals surface area contributed by atoms with E-state index in [9.17, 15) is 25.2 Å². The van der Waals surface area contributed by atoms with Crippen LogP contribution in [0.3, 0.4) is 0 Å². The second kappa shape index (κ2) is 9.19. The fourth-order valence-corrected chi connectivity index (χ4v) is 3.57. The summed E-state index contributed by atoms with van der Waals surface area (Å²) < 4.78 is 11.5. The van der Waals surface area contributed by atoms with Gasteiger partial charge in [-0.3, -0.25) is 4.79 Å². The molecule has 0 bridgehead atoms. The van der Waals surface area contributed by atoms with Gasteiger partial charge in [0.25, 0.3) is 0 Å². The number of hydrogen-bond donors (Lipinski definition) is 4. The highest BCUT2D eigenvalue weighted by molar-refractivity contribution is 5.92. The molecule has 0 saturated heterocycles. The van der Waals surface area contributed by atoms with Crippen molar-refractivity contribution < 1.29 is 29.6 Å². The van der Waals surface area contributed by atoms with E-state index in [1.807, 2.05) is 19.9 Å². The standard InChI is InChI=1S/C26H30O7/c1-14(2)6-8-17-20(32-5)13-21-22(23(17)29)24(30)18(10-11-26(3,4)31)25(33-21)16-9-7-15(27)12-19(16)28/h6-9,12-14,27-29,31H,10-11H2,1-5H3/b8-6+. The van der Waals surface area contributed by atoms with E-state index in [0.717, 1.165) is 6.07 Å². The number of hydrogen-bond acceptors (Lipinski definition) is 7. The highest BCUT2D eigenvalue weighted by Crippen LogP contribution is 2.40. The third-order valence-electron chi connectivity index (χ3n) is 5.33. The minimum atomic E-state index is -1.05. The van der Waals surface area contributed by atoms with Gasteiger partial charge in [-0.2, -0.15) is 0 Å². The second-order valence-corrected chi connectivity index (χ2v) is 9.07. The Hall–Kier alpha value is -3.45. The third kappa shape index (κ3) is 5.14. The average Bonchev–Trinajstić information content (AvgIpc) is 2.70. The van der Waals surface area contributed by atoms with Crippen molar-refractivity contribution in [1.29, 1.82) is 0 Å². The lowest BCUT2D eigenvalue weighted by atomic mass is 9.94. The number of ether oxygens (including phenoxy) is 1. The molecule has 0 unspecified atom stereocenters. The number of aliphatic hydroxyl groups is 1. The van der Waals surface area contributed by atoms with Gasteiger partial charge in [-0.15, -0.1) is 0 Å². The maximum atomic E-state index is 13.6. The van der Waals surface area contributed by atoms with Gasteiger partial charge in [-0.05, 0) is 44.7 Å². The van der Waals surface area contributed by atoms with E-state index in [2.05, 4.69) is 0 Å². The number of rotatable bonds is 7. The molecule has 4 N–H and O–H groups in total. The van der Waals surface area contributed by atoms with E-state index in [1.54, 1.807) is 19.9 Å². The molecular formula is C26H30O7. The summed E-state index contributed by atoms with van der Waals surface area (Å²) in [5.74, 6) is -0.0382. The Kier molecular flexibility index (Phi) is 6.74. The molecule has 1 heterocycles. The van der Waals surface area contributed by atoms with E-state index >= 15 is 0 Å². The Bertz CT molecular complexity index is 1260. The van der Waals surface area contributed by atoms with Crippen LogP contribution in [-0.2, 0) is 6.42 Å². The van der Waals surface area contributed by atoms with Crippen LogP contribution in [0.1, 0.15) is 45.2 Å². The molecule has 0 aliphatic carbocycles. The quantitative estimate of drug-likeness (QED) is 0.398. The first-order valence-electron chi connectivity index (χ1n) is 10.8. The van der Waals surface area contributed by atoms with Crippen molar-refractivity contribution in [2.24, 2.45) is 5.92 Å². The van der Waals surface area contributed by atoms with Gasteiger partial charge in [-0.25, -0.2) is 0 Å². The van der Waals surface area contributed by atoms with Crippen molar-refractivity contribution in [3.05, 3.63) is 51.7 Å². The Morgan fingerprint density at radius 1 is 1.15 bits per heavy atom. The summed E-state index contributed by atoms with van der Waals surface area (Å²) in [6.45, 7) is 7.23. The molecule has 0 radical (unpaired) electrons. The first-order chi connectivity index (χ1) is 15.4. The predicted molar refractivity (Wildman–Crippen MR) is 128 cm³/mol. The number of methoxy groups -OCH3 is 1. The van der Waals surface area contributed by atoms with E-state index in [4.69, 9.17) is 9.15 Å². The van der Waals surface area contributed by atoms with Crippen LogP contribution in [0.4, 0.5) is 0 Å². The van der Waals surface area contributed by atoms with Crippen molar-refractivity contribution >= 4 is 17.0 Å². The molecule has 0 aliphatic rings. The third-order valence-corrected chi connectivity index (χ3v) is 5.33. The minimum Gasteiger partial charge on any atom is -0.508 e. The van der Waals surface area contributed by atoms with Crippen molar-refractivity contribution in [2.75, 3.05) is 7.11 Å². The Morgan fingerprint density at radius 2 is 1.85 bits per heavy atom. The van der Waals surface area contributed by atoms with E-state index in [0.29, 0.717) is 11.3 Å². The zero-order valence-electron chi connectivity index (χ0n) is 19.5. The van der Waals surface area contributed by atoms with Crippen molar-refractivity contribution in [3.63, 3.8) is 0 Å². The molecular weight excluding hydrogens is 424 g/mol. The highest BCUT2D eigenvalue weighted by Gasteiger charge is 2.25.